The van der Waals surface area contributed by atoms with E-state index in [1.54, 1.807) is 0 Å². The second kappa shape index (κ2) is 21.0. The van der Waals surface area contributed by atoms with Gasteiger partial charge in [-0.25, -0.2) is 0 Å². The van der Waals surface area contributed by atoms with Gasteiger partial charge in [0.1, 0.15) is 6.10 Å². The lowest BCUT2D eigenvalue weighted by molar-refractivity contribution is -0.232. The van der Waals surface area contributed by atoms with E-state index in [-0.39, 0.29) is 18.5 Å². The summed E-state index contributed by atoms with van der Waals surface area (Å²) in [6.45, 7) is 6.21. The highest BCUT2D eigenvalue weighted by molar-refractivity contribution is 5.69. The van der Waals surface area contributed by atoms with Gasteiger partial charge in [-0.05, 0) is 38.5 Å². The number of ether oxygens (including phenoxy) is 3. The number of hydrogen-bond acceptors (Lipinski definition) is 7. The zero-order valence-electron chi connectivity index (χ0n) is 23.1. The molecule has 0 radical (unpaired) electrons. The molecule has 0 rings (SSSR count). The van der Waals surface area contributed by atoms with Crippen LogP contribution in [0.4, 0.5) is 0 Å². The molecule has 0 amide bonds. The molecule has 1 atom stereocenters. The standard InChI is InChI=1S/C28H50O8/c1-5-6-7-8-9-11-14-18-26(34-23(2)29)19-17-22-28(35-24(3)30,36-25(4)31)21-16-13-10-12-15-20-27(32)33/h26H,5-22H2,1-4H3,(H,32,33). The maximum absolute atomic E-state index is 11.9. The molecule has 8 nitrogen and oxygen atoms in total. The summed E-state index contributed by atoms with van der Waals surface area (Å²) in [5.41, 5.74) is 0. The van der Waals surface area contributed by atoms with Gasteiger partial charge in [-0.15, -0.1) is 0 Å². The Morgan fingerprint density at radius 3 is 1.64 bits per heavy atom. The third-order valence-corrected chi connectivity index (χ3v) is 6.15. The monoisotopic (exact) mass is 514 g/mol. The SMILES string of the molecule is CCCCCCCCCC(CCCC(CCCCCCCC(=O)O)(OC(C)=O)OC(C)=O)OC(C)=O. The molecular formula is C28H50O8. The average molecular weight is 515 g/mol. The van der Waals surface area contributed by atoms with Crippen molar-refractivity contribution in [2.24, 2.45) is 0 Å². The summed E-state index contributed by atoms with van der Waals surface area (Å²) in [4.78, 5) is 45.9. The molecule has 0 heterocycles. The van der Waals surface area contributed by atoms with Crippen molar-refractivity contribution in [3.05, 3.63) is 0 Å². The van der Waals surface area contributed by atoms with E-state index in [2.05, 4.69) is 6.92 Å². The summed E-state index contributed by atoms with van der Waals surface area (Å²) < 4.78 is 16.6. The molecule has 0 bridgehead atoms. The maximum atomic E-state index is 11.9. The highest BCUT2D eigenvalue weighted by Crippen LogP contribution is 2.30. The minimum absolute atomic E-state index is 0.160. The van der Waals surface area contributed by atoms with Crippen molar-refractivity contribution in [2.45, 2.75) is 155 Å². The van der Waals surface area contributed by atoms with Crippen LogP contribution in [0.2, 0.25) is 0 Å². The van der Waals surface area contributed by atoms with Crippen LogP contribution in [0.5, 0.6) is 0 Å². The first-order valence-electron chi connectivity index (χ1n) is 13.9. The number of rotatable bonds is 23. The quantitative estimate of drug-likeness (QED) is 0.0892. The van der Waals surface area contributed by atoms with E-state index in [1.165, 1.54) is 52.9 Å². The maximum Gasteiger partial charge on any atom is 0.305 e. The van der Waals surface area contributed by atoms with Gasteiger partial charge >= 0.3 is 23.9 Å². The van der Waals surface area contributed by atoms with Gasteiger partial charge in [0, 0.05) is 40.0 Å². The van der Waals surface area contributed by atoms with E-state index >= 15 is 0 Å². The Bertz CT molecular complexity index is 615. The minimum atomic E-state index is -1.33. The predicted molar refractivity (Wildman–Crippen MR) is 138 cm³/mol. The summed E-state index contributed by atoms with van der Waals surface area (Å²) in [5, 5.41) is 8.74. The van der Waals surface area contributed by atoms with E-state index in [4.69, 9.17) is 19.3 Å². The van der Waals surface area contributed by atoms with E-state index < -0.39 is 23.7 Å². The van der Waals surface area contributed by atoms with Crippen LogP contribution in [0.15, 0.2) is 0 Å². The fourth-order valence-electron chi connectivity index (χ4n) is 4.50. The molecule has 8 heteroatoms. The molecule has 0 saturated carbocycles. The van der Waals surface area contributed by atoms with Gasteiger partial charge in [0.15, 0.2) is 0 Å². The topological polar surface area (TPSA) is 116 Å². The zero-order valence-corrected chi connectivity index (χ0v) is 23.1. The smallest absolute Gasteiger partial charge is 0.305 e. The zero-order chi connectivity index (χ0) is 27.2. The molecule has 0 aromatic carbocycles. The normalized spacial score (nSPS) is 12.1. The van der Waals surface area contributed by atoms with E-state index in [9.17, 15) is 19.2 Å². The molecule has 0 aliphatic rings. The van der Waals surface area contributed by atoms with Gasteiger partial charge in [0.2, 0.25) is 0 Å². The fourth-order valence-corrected chi connectivity index (χ4v) is 4.50. The summed E-state index contributed by atoms with van der Waals surface area (Å²) in [5.74, 6) is -3.47. The predicted octanol–water partition coefficient (Wildman–Crippen LogP) is 6.87. The van der Waals surface area contributed by atoms with Crippen molar-refractivity contribution < 1.29 is 38.5 Å². The summed E-state index contributed by atoms with van der Waals surface area (Å²) in [7, 11) is 0. The molecular weight excluding hydrogens is 464 g/mol. The number of carboxylic acid groups (broad SMARTS) is 1. The first kappa shape index (κ1) is 33.9. The molecule has 0 aliphatic carbocycles. The third kappa shape index (κ3) is 20.1. The van der Waals surface area contributed by atoms with Crippen molar-refractivity contribution in [3.8, 4) is 0 Å². The molecule has 0 spiro atoms. The van der Waals surface area contributed by atoms with Gasteiger partial charge in [0.25, 0.3) is 5.79 Å². The van der Waals surface area contributed by atoms with Crippen molar-refractivity contribution >= 4 is 23.9 Å². The summed E-state index contributed by atoms with van der Waals surface area (Å²) in [6, 6.07) is 0. The van der Waals surface area contributed by atoms with Gasteiger partial charge in [-0.3, -0.25) is 19.2 Å². The number of esters is 3. The van der Waals surface area contributed by atoms with Crippen LogP contribution in [0.1, 0.15) is 143 Å². The Labute approximate surface area is 217 Å². The number of unbranched alkanes of at least 4 members (excludes halogenated alkanes) is 10. The number of carbonyl (C=O) groups excluding carboxylic acids is 3. The van der Waals surface area contributed by atoms with E-state index in [0.717, 1.165) is 38.5 Å². The Morgan fingerprint density at radius 2 is 1.11 bits per heavy atom. The van der Waals surface area contributed by atoms with Gasteiger partial charge < -0.3 is 19.3 Å². The summed E-state index contributed by atoms with van der Waals surface area (Å²) in [6.07, 6.45) is 14.7. The Hall–Kier alpha value is -2.12. The first-order chi connectivity index (χ1) is 17.1. The van der Waals surface area contributed by atoms with Crippen LogP contribution in [0, 0.1) is 0 Å². The van der Waals surface area contributed by atoms with Crippen LogP contribution < -0.4 is 0 Å². The largest absolute Gasteiger partial charge is 0.481 e. The van der Waals surface area contributed by atoms with Crippen molar-refractivity contribution in [3.63, 3.8) is 0 Å². The lowest BCUT2D eigenvalue weighted by Gasteiger charge is -2.33. The number of aliphatic carboxylic acids is 1. The Kier molecular flexibility index (Phi) is 19.8. The second-order valence-electron chi connectivity index (χ2n) is 9.79. The van der Waals surface area contributed by atoms with Crippen molar-refractivity contribution in [1.82, 2.24) is 0 Å². The molecule has 0 aliphatic heterocycles. The first-order valence-corrected chi connectivity index (χ1v) is 13.9. The van der Waals surface area contributed by atoms with Crippen molar-refractivity contribution in [2.75, 3.05) is 0 Å². The van der Waals surface area contributed by atoms with Crippen LogP contribution in [0.3, 0.4) is 0 Å². The molecule has 0 aromatic heterocycles. The molecule has 36 heavy (non-hydrogen) atoms. The van der Waals surface area contributed by atoms with Gasteiger partial charge in [-0.2, -0.15) is 0 Å². The van der Waals surface area contributed by atoms with Gasteiger partial charge in [-0.1, -0.05) is 64.7 Å². The van der Waals surface area contributed by atoms with Crippen LogP contribution in [0.25, 0.3) is 0 Å². The van der Waals surface area contributed by atoms with Gasteiger partial charge in [0.05, 0.1) is 0 Å². The molecule has 210 valence electrons. The highest BCUT2D eigenvalue weighted by Gasteiger charge is 2.36. The van der Waals surface area contributed by atoms with Crippen LogP contribution in [-0.2, 0) is 33.4 Å². The van der Waals surface area contributed by atoms with Crippen molar-refractivity contribution in [1.29, 1.82) is 0 Å². The second-order valence-corrected chi connectivity index (χ2v) is 9.79. The molecule has 0 saturated heterocycles. The lowest BCUT2D eigenvalue weighted by Crippen LogP contribution is -2.39. The fraction of sp³-hybridized carbons (Fsp3) is 0.857. The molecule has 0 fully saturated rings. The van der Waals surface area contributed by atoms with Crippen LogP contribution >= 0.6 is 0 Å². The number of carbonyl (C=O) groups is 4. The lowest BCUT2D eigenvalue weighted by atomic mass is 9.97. The van der Waals surface area contributed by atoms with E-state index in [1.807, 2.05) is 0 Å². The molecule has 1 N–H and O–H groups in total. The minimum Gasteiger partial charge on any atom is -0.481 e. The average Bonchev–Trinajstić information content (AvgIpc) is 2.76. The summed E-state index contributed by atoms with van der Waals surface area (Å²) >= 11 is 0. The Balaban J connectivity index is 4.82. The van der Waals surface area contributed by atoms with E-state index in [0.29, 0.717) is 38.5 Å². The number of carboxylic acids is 1. The highest BCUT2D eigenvalue weighted by atomic mass is 16.7. The molecule has 0 aromatic rings. The van der Waals surface area contributed by atoms with Crippen LogP contribution in [-0.4, -0.2) is 40.9 Å². The number of hydrogen-bond donors (Lipinski definition) is 1. The molecule has 1 unspecified atom stereocenters. The Morgan fingerprint density at radius 1 is 0.639 bits per heavy atom. The third-order valence-electron chi connectivity index (χ3n) is 6.15.